The first kappa shape index (κ1) is 15.8. The zero-order chi connectivity index (χ0) is 17.3. The molecule has 0 saturated carbocycles. The van der Waals surface area contributed by atoms with Crippen molar-refractivity contribution in [2.45, 2.75) is 20.0 Å². The van der Waals surface area contributed by atoms with Crippen LogP contribution in [0.25, 0.3) is 5.57 Å². The van der Waals surface area contributed by atoms with Gasteiger partial charge in [-0.3, -0.25) is 9.59 Å². The normalized spacial score (nSPS) is 14.7. The lowest BCUT2D eigenvalue weighted by Crippen LogP contribution is -2.31. The predicted molar refractivity (Wildman–Crippen MR) is 90.7 cm³/mol. The Morgan fingerprint density at radius 3 is 2.12 bits per heavy atom. The van der Waals surface area contributed by atoms with Gasteiger partial charge in [-0.2, -0.15) is 0 Å². The summed E-state index contributed by atoms with van der Waals surface area (Å²) in [5, 5.41) is 10.2. The molecule has 1 aliphatic rings. The van der Waals surface area contributed by atoms with Crippen molar-refractivity contribution >= 4 is 23.1 Å². The molecule has 3 rings (SSSR count). The minimum atomic E-state index is -0.719. The number of ether oxygens (including phenoxy) is 1. The number of aliphatic hydroxyl groups is 1. The quantitative estimate of drug-likeness (QED) is 0.877. The third kappa shape index (κ3) is 2.76. The maximum absolute atomic E-state index is 12.6. The Balaban J connectivity index is 1.93. The van der Waals surface area contributed by atoms with Crippen LogP contribution in [0.4, 0.5) is 5.69 Å². The Kier molecular flexibility index (Phi) is 4.08. The lowest BCUT2D eigenvalue weighted by molar-refractivity contribution is -0.121. The van der Waals surface area contributed by atoms with Crippen LogP contribution >= 0.6 is 0 Å². The topological polar surface area (TPSA) is 66.8 Å². The smallest absolute Gasteiger partial charge is 0.301 e. The Hall–Kier alpha value is -3.08. The third-order valence-corrected chi connectivity index (χ3v) is 3.59. The zero-order valence-corrected chi connectivity index (χ0v) is 13.4. The second kappa shape index (κ2) is 6.20. The van der Waals surface area contributed by atoms with Crippen LogP contribution in [0, 0.1) is 0 Å². The first-order valence-corrected chi connectivity index (χ1v) is 7.63. The van der Waals surface area contributed by atoms with Gasteiger partial charge in [0.25, 0.3) is 5.91 Å². The summed E-state index contributed by atoms with van der Waals surface area (Å²) in [5.74, 6) is -1.14. The van der Waals surface area contributed by atoms with E-state index in [0.717, 1.165) is 4.90 Å². The van der Waals surface area contributed by atoms with Crippen LogP contribution in [0.3, 0.4) is 0 Å². The molecule has 5 nitrogen and oxygen atoms in total. The lowest BCUT2D eigenvalue weighted by Gasteiger charge is -2.14. The highest BCUT2D eigenvalue weighted by molar-refractivity contribution is 6.44. The minimum absolute atomic E-state index is 0.0000463. The van der Waals surface area contributed by atoms with Crippen LogP contribution < -0.4 is 9.64 Å². The van der Waals surface area contributed by atoms with Gasteiger partial charge in [0.2, 0.25) is 0 Å². The summed E-state index contributed by atoms with van der Waals surface area (Å²) >= 11 is 0. The maximum atomic E-state index is 12.6. The molecule has 0 saturated heterocycles. The second-order valence-corrected chi connectivity index (χ2v) is 5.70. The average Bonchev–Trinajstić information content (AvgIpc) is 2.78. The number of imide groups is 1. The first-order valence-electron chi connectivity index (χ1n) is 7.63. The van der Waals surface area contributed by atoms with Crippen molar-refractivity contribution in [3.8, 4) is 5.75 Å². The fraction of sp³-hybridized carbons (Fsp3) is 0.158. The summed E-state index contributed by atoms with van der Waals surface area (Å²) in [6.45, 7) is 3.83. The fourth-order valence-electron chi connectivity index (χ4n) is 2.56. The molecule has 0 fully saturated rings. The van der Waals surface area contributed by atoms with Crippen molar-refractivity contribution in [1.82, 2.24) is 0 Å². The number of hydrogen-bond donors (Lipinski definition) is 1. The highest BCUT2D eigenvalue weighted by Gasteiger charge is 2.40. The van der Waals surface area contributed by atoms with Crippen LogP contribution in [0.5, 0.6) is 5.75 Å². The van der Waals surface area contributed by atoms with E-state index in [1.807, 2.05) is 13.8 Å². The summed E-state index contributed by atoms with van der Waals surface area (Å²) in [6.07, 6.45) is 0.0340. The molecule has 0 unspecified atom stereocenters. The highest BCUT2D eigenvalue weighted by atomic mass is 16.5. The fourth-order valence-corrected chi connectivity index (χ4v) is 2.56. The molecule has 1 heterocycles. The zero-order valence-electron chi connectivity index (χ0n) is 13.4. The highest BCUT2D eigenvalue weighted by Crippen LogP contribution is 2.32. The van der Waals surface area contributed by atoms with E-state index in [-0.39, 0.29) is 11.7 Å². The van der Waals surface area contributed by atoms with Crippen LogP contribution in [0.1, 0.15) is 19.4 Å². The lowest BCUT2D eigenvalue weighted by atomic mass is 10.1. The molecule has 1 aliphatic heterocycles. The van der Waals surface area contributed by atoms with E-state index in [2.05, 4.69) is 0 Å². The molecular formula is C19H17NO4. The molecule has 122 valence electrons. The summed E-state index contributed by atoms with van der Waals surface area (Å²) in [4.78, 5) is 25.9. The van der Waals surface area contributed by atoms with Crippen LogP contribution in [0.2, 0.25) is 0 Å². The van der Waals surface area contributed by atoms with Gasteiger partial charge in [0, 0.05) is 0 Å². The van der Waals surface area contributed by atoms with Crippen molar-refractivity contribution < 1.29 is 19.4 Å². The van der Waals surface area contributed by atoms with Gasteiger partial charge in [-0.15, -0.1) is 0 Å². The van der Waals surface area contributed by atoms with E-state index in [0.29, 0.717) is 17.0 Å². The van der Waals surface area contributed by atoms with E-state index in [9.17, 15) is 14.7 Å². The van der Waals surface area contributed by atoms with Crippen molar-refractivity contribution in [3.05, 3.63) is 65.9 Å². The summed E-state index contributed by atoms with van der Waals surface area (Å²) in [7, 11) is 0. The van der Waals surface area contributed by atoms with Gasteiger partial charge in [0.1, 0.15) is 5.75 Å². The van der Waals surface area contributed by atoms with E-state index < -0.39 is 17.6 Å². The van der Waals surface area contributed by atoms with Crippen molar-refractivity contribution in [2.75, 3.05) is 4.90 Å². The Morgan fingerprint density at radius 2 is 1.54 bits per heavy atom. The van der Waals surface area contributed by atoms with E-state index in [4.69, 9.17) is 4.74 Å². The van der Waals surface area contributed by atoms with Crippen molar-refractivity contribution in [3.63, 3.8) is 0 Å². The van der Waals surface area contributed by atoms with Gasteiger partial charge < -0.3 is 9.84 Å². The molecule has 2 aromatic carbocycles. The van der Waals surface area contributed by atoms with Crippen molar-refractivity contribution in [2.24, 2.45) is 0 Å². The number of nitrogens with zero attached hydrogens (tertiary/aromatic N) is 1. The number of benzene rings is 2. The first-order chi connectivity index (χ1) is 11.5. The van der Waals surface area contributed by atoms with Gasteiger partial charge in [0.15, 0.2) is 5.76 Å². The molecule has 2 amide bonds. The Bertz CT molecular complexity index is 807. The Morgan fingerprint density at radius 1 is 0.917 bits per heavy atom. The molecule has 0 aromatic heterocycles. The average molecular weight is 323 g/mol. The van der Waals surface area contributed by atoms with E-state index in [1.54, 1.807) is 54.6 Å². The van der Waals surface area contributed by atoms with Gasteiger partial charge in [0.05, 0.1) is 17.4 Å². The molecule has 1 N–H and O–H groups in total. The molecule has 0 bridgehead atoms. The number of aliphatic hydroxyl groups excluding tert-OH is 1. The molecule has 24 heavy (non-hydrogen) atoms. The standard InChI is InChI=1S/C19H17NO4/c1-12(2)24-15-10-8-13(9-11-15)16-17(21)19(23)20(18(16)22)14-6-4-3-5-7-14/h3-12,21H,1-2H3. The summed E-state index contributed by atoms with van der Waals surface area (Å²) in [5.41, 5.74) is 0.897. The van der Waals surface area contributed by atoms with Crippen molar-refractivity contribution in [1.29, 1.82) is 0 Å². The van der Waals surface area contributed by atoms with Crippen LogP contribution in [-0.4, -0.2) is 23.0 Å². The third-order valence-electron chi connectivity index (χ3n) is 3.59. The number of rotatable bonds is 4. The predicted octanol–water partition coefficient (Wildman–Crippen LogP) is 3.32. The number of hydrogen-bond acceptors (Lipinski definition) is 4. The molecule has 0 spiro atoms. The molecule has 0 atom stereocenters. The molecule has 5 heteroatoms. The van der Waals surface area contributed by atoms with Crippen LogP contribution in [0.15, 0.2) is 60.4 Å². The molecule has 2 aromatic rings. The number of carbonyl (C=O) groups excluding carboxylic acids is 2. The largest absolute Gasteiger partial charge is 0.502 e. The molecular weight excluding hydrogens is 306 g/mol. The number of amides is 2. The Labute approximate surface area is 139 Å². The summed E-state index contributed by atoms with van der Waals surface area (Å²) in [6, 6.07) is 15.3. The maximum Gasteiger partial charge on any atom is 0.301 e. The second-order valence-electron chi connectivity index (χ2n) is 5.70. The number of para-hydroxylation sites is 1. The summed E-state index contributed by atoms with van der Waals surface area (Å²) < 4.78 is 5.56. The number of anilines is 1. The van der Waals surface area contributed by atoms with Crippen LogP contribution in [-0.2, 0) is 9.59 Å². The SMILES string of the molecule is CC(C)Oc1ccc(C2=C(O)C(=O)N(c3ccccc3)C2=O)cc1. The number of carbonyl (C=O) groups is 2. The van der Waals surface area contributed by atoms with Gasteiger partial charge in [-0.25, -0.2) is 4.90 Å². The van der Waals surface area contributed by atoms with Gasteiger partial charge in [-0.05, 0) is 43.7 Å². The minimum Gasteiger partial charge on any atom is -0.502 e. The molecule has 0 aliphatic carbocycles. The molecule has 0 radical (unpaired) electrons. The van der Waals surface area contributed by atoms with Gasteiger partial charge >= 0.3 is 5.91 Å². The van der Waals surface area contributed by atoms with E-state index in [1.165, 1.54) is 0 Å². The van der Waals surface area contributed by atoms with E-state index >= 15 is 0 Å². The monoisotopic (exact) mass is 323 g/mol. The van der Waals surface area contributed by atoms with Gasteiger partial charge in [-0.1, -0.05) is 30.3 Å².